The molecule has 2 aliphatic heterocycles. The number of nitrogens with zero attached hydrogens (tertiary/aromatic N) is 2. The minimum atomic E-state index is -0.668. The third-order valence-electron chi connectivity index (χ3n) is 5.60. The van der Waals surface area contributed by atoms with Gasteiger partial charge in [0.25, 0.3) is 5.56 Å². The zero-order valence-electron chi connectivity index (χ0n) is 16.8. The number of nitriles is 1. The van der Waals surface area contributed by atoms with Crippen molar-refractivity contribution in [2.75, 3.05) is 6.79 Å². The second-order valence-corrected chi connectivity index (χ2v) is 7.48. The molecule has 7 heteroatoms. The number of benzene rings is 2. The summed E-state index contributed by atoms with van der Waals surface area (Å²) in [5.41, 5.74) is 8.88. The van der Waals surface area contributed by atoms with Crippen LogP contribution < -0.4 is 25.5 Å². The summed E-state index contributed by atoms with van der Waals surface area (Å²) in [6.45, 7) is 2.40. The lowest BCUT2D eigenvalue weighted by molar-refractivity contribution is 0.174. The van der Waals surface area contributed by atoms with Gasteiger partial charge in [-0.15, -0.1) is 0 Å². The third-order valence-corrected chi connectivity index (χ3v) is 5.60. The Morgan fingerprint density at radius 1 is 1.10 bits per heavy atom. The molecule has 2 aliphatic rings. The van der Waals surface area contributed by atoms with E-state index in [1.54, 1.807) is 22.8 Å². The molecule has 0 saturated heterocycles. The summed E-state index contributed by atoms with van der Waals surface area (Å²) in [4.78, 5) is 13.7. The van der Waals surface area contributed by atoms with E-state index in [1.165, 1.54) is 0 Å². The Balaban J connectivity index is 1.70. The van der Waals surface area contributed by atoms with E-state index >= 15 is 0 Å². The van der Waals surface area contributed by atoms with Crippen molar-refractivity contribution in [3.05, 3.63) is 98.8 Å². The minimum absolute atomic E-state index is 0.00252. The summed E-state index contributed by atoms with van der Waals surface area (Å²) in [7, 11) is 0. The average Bonchev–Trinajstić information content (AvgIpc) is 3.24. The maximum Gasteiger partial charge on any atom is 0.259 e. The van der Waals surface area contributed by atoms with Crippen LogP contribution in [0.25, 0.3) is 0 Å². The Morgan fingerprint density at radius 3 is 2.65 bits per heavy atom. The largest absolute Gasteiger partial charge is 0.454 e. The first kappa shape index (κ1) is 18.8. The summed E-state index contributed by atoms with van der Waals surface area (Å²) in [6.07, 6.45) is 0. The summed E-state index contributed by atoms with van der Waals surface area (Å²) in [6, 6.07) is 19.0. The second kappa shape index (κ2) is 7.26. The number of rotatable bonds is 3. The highest BCUT2D eigenvalue weighted by molar-refractivity contribution is 5.57. The number of pyridine rings is 1. The van der Waals surface area contributed by atoms with Crippen molar-refractivity contribution in [1.82, 2.24) is 4.57 Å². The molecule has 5 rings (SSSR count). The smallest absolute Gasteiger partial charge is 0.259 e. The maximum atomic E-state index is 13.7. The van der Waals surface area contributed by atoms with Crippen molar-refractivity contribution in [2.24, 2.45) is 5.73 Å². The lowest BCUT2D eigenvalue weighted by Gasteiger charge is -2.27. The molecule has 0 radical (unpaired) electrons. The molecule has 2 N–H and O–H groups in total. The van der Waals surface area contributed by atoms with Gasteiger partial charge in [-0.3, -0.25) is 4.79 Å². The van der Waals surface area contributed by atoms with Crippen LogP contribution in [0.15, 0.2) is 70.8 Å². The van der Waals surface area contributed by atoms with Crippen LogP contribution in [0.5, 0.6) is 17.2 Å². The standard InChI is InChI=1S/C24H19N3O4/c1-14-9-20-22(24(28)27(14)12-15-5-3-2-4-6-15)21(17(11-25)23(26)31-20)16-7-8-18-19(10-16)30-13-29-18/h2-10,21H,12-13,26H2,1H3. The molecule has 1 unspecified atom stereocenters. The van der Waals surface area contributed by atoms with Gasteiger partial charge in [0, 0.05) is 11.8 Å². The fourth-order valence-corrected chi connectivity index (χ4v) is 4.07. The van der Waals surface area contributed by atoms with Crippen molar-refractivity contribution < 1.29 is 14.2 Å². The van der Waals surface area contributed by atoms with E-state index in [0.29, 0.717) is 34.9 Å². The van der Waals surface area contributed by atoms with Gasteiger partial charge in [0.15, 0.2) is 11.5 Å². The Morgan fingerprint density at radius 2 is 1.87 bits per heavy atom. The van der Waals surface area contributed by atoms with E-state index in [0.717, 1.165) is 11.3 Å². The van der Waals surface area contributed by atoms with E-state index in [2.05, 4.69) is 6.07 Å². The minimum Gasteiger partial charge on any atom is -0.454 e. The lowest BCUT2D eigenvalue weighted by Crippen LogP contribution is -2.33. The summed E-state index contributed by atoms with van der Waals surface area (Å²) >= 11 is 0. The molecule has 1 atom stereocenters. The quantitative estimate of drug-likeness (QED) is 0.708. The van der Waals surface area contributed by atoms with Gasteiger partial charge >= 0.3 is 0 Å². The number of fused-ring (bicyclic) bond motifs is 2. The molecular formula is C24H19N3O4. The number of nitrogens with two attached hydrogens (primary N) is 1. The molecular weight excluding hydrogens is 394 g/mol. The normalized spacial score (nSPS) is 16.5. The van der Waals surface area contributed by atoms with Gasteiger partial charge in [-0.05, 0) is 30.2 Å². The van der Waals surface area contributed by atoms with Gasteiger partial charge < -0.3 is 24.5 Å². The molecule has 3 heterocycles. The Kier molecular flexibility index (Phi) is 4.41. The Bertz CT molecular complexity index is 1320. The van der Waals surface area contributed by atoms with E-state index in [-0.39, 0.29) is 23.8 Å². The molecule has 0 saturated carbocycles. The lowest BCUT2D eigenvalue weighted by atomic mass is 9.84. The predicted octanol–water partition coefficient (Wildman–Crippen LogP) is 3.15. The molecule has 0 amide bonds. The van der Waals surface area contributed by atoms with Gasteiger partial charge in [0.05, 0.1) is 18.0 Å². The molecule has 3 aromatic rings. The molecule has 7 nitrogen and oxygen atoms in total. The number of hydrogen-bond acceptors (Lipinski definition) is 6. The van der Waals surface area contributed by atoms with Crippen molar-refractivity contribution >= 4 is 0 Å². The first-order chi connectivity index (χ1) is 15.1. The fourth-order valence-electron chi connectivity index (χ4n) is 4.07. The van der Waals surface area contributed by atoms with Crippen LogP contribution in [0.2, 0.25) is 0 Å². The van der Waals surface area contributed by atoms with Crippen molar-refractivity contribution in [3.8, 4) is 23.3 Å². The maximum absolute atomic E-state index is 13.7. The Labute approximate surface area is 178 Å². The van der Waals surface area contributed by atoms with E-state index < -0.39 is 5.92 Å². The van der Waals surface area contributed by atoms with Gasteiger partial charge in [-0.2, -0.15) is 5.26 Å². The van der Waals surface area contributed by atoms with Gasteiger partial charge in [-0.1, -0.05) is 36.4 Å². The highest BCUT2D eigenvalue weighted by atomic mass is 16.7. The summed E-state index contributed by atoms with van der Waals surface area (Å²) < 4.78 is 18.3. The number of aryl methyl sites for hydroxylation is 1. The molecule has 0 spiro atoms. The van der Waals surface area contributed by atoms with E-state index in [9.17, 15) is 10.1 Å². The van der Waals surface area contributed by atoms with Crippen LogP contribution in [-0.4, -0.2) is 11.4 Å². The van der Waals surface area contributed by atoms with Crippen LogP contribution in [-0.2, 0) is 6.54 Å². The molecule has 154 valence electrons. The van der Waals surface area contributed by atoms with Gasteiger partial charge in [-0.25, -0.2) is 0 Å². The number of hydrogen-bond donors (Lipinski definition) is 1. The highest BCUT2D eigenvalue weighted by Crippen LogP contribution is 2.43. The van der Waals surface area contributed by atoms with Crippen molar-refractivity contribution in [3.63, 3.8) is 0 Å². The van der Waals surface area contributed by atoms with Crippen LogP contribution in [0, 0.1) is 18.3 Å². The number of allylic oxidation sites excluding steroid dienone is 1. The molecule has 0 bridgehead atoms. The summed E-state index contributed by atoms with van der Waals surface area (Å²) in [5.74, 6) is 0.886. The fraction of sp³-hybridized carbons (Fsp3) is 0.167. The monoisotopic (exact) mass is 413 g/mol. The van der Waals surface area contributed by atoms with E-state index in [4.69, 9.17) is 19.9 Å². The number of aromatic nitrogens is 1. The molecule has 2 aromatic carbocycles. The zero-order chi connectivity index (χ0) is 21.5. The second-order valence-electron chi connectivity index (χ2n) is 7.48. The Hall–Kier alpha value is -4.18. The molecule has 31 heavy (non-hydrogen) atoms. The van der Waals surface area contributed by atoms with Gasteiger partial charge in [0.1, 0.15) is 17.4 Å². The molecule has 1 aromatic heterocycles. The first-order valence-corrected chi connectivity index (χ1v) is 9.82. The highest BCUT2D eigenvalue weighted by Gasteiger charge is 2.35. The SMILES string of the molecule is Cc1cc2c(c(=O)n1Cc1ccccc1)C(c1ccc3c(c1)OCO3)C(C#N)=C(N)O2. The van der Waals surface area contributed by atoms with Crippen molar-refractivity contribution in [1.29, 1.82) is 5.26 Å². The van der Waals surface area contributed by atoms with Crippen LogP contribution >= 0.6 is 0 Å². The van der Waals surface area contributed by atoms with Crippen LogP contribution in [0.4, 0.5) is 0 Å². The summed E-state index contributed by atoms with van der Waals surface area (Å²) in [5, 5.41) is 9.83. The van der Waals surface area contributed by atoms with Crippen LogP contribution in [0.3, 0.4) is 0 Å². The topological polar surface area (TPSA) is 99.5 Å². The van der Waals surface area contributed by atoms with Crippen molar-refractivity contribution in [2.45, 2.75) is 19.4 Å². The third kappa shape index (κ3) is 3.09. The number of ether oxygens (including phenoxy) is 3. The van der Waals surface area contributed by atoms with Crippen LogP contribution in [0.1, 0.15) is 28.3 Å². The molecule has 0 aliphatic carbocycles. The first-order valence-electron chi connectivity index (χ1n) is 9.82. The average molecular weight is 413 g/mol. The molecule has 0 fully saturated rings. The van der Waals surface area contributed by atoms with E-state index in [1.807, 2.05) is 43.3 Å². The predicted molar refractivity (Wildman–Crippen MR) is 113 cm³/mol. The zero-order valence-corrected chi connectivity index (χ0v) is 16.8. The van der Waals surface area contributed by atoms with Gasteiger partial charge in [0.2, 0.25) is 12.7 Å².